The maximum atomic E-state index is 13.7. The lowest BCUT2D eigenvalue weighted by Gasteiger charge is -2.04. The Morgan fingerprint density at radius 1 is 1.10 bits per heavy atom. The minimum atomic E-state index is -0.437. The minimum Gasteiger partial charge on any atom is -0.292 e. The van der Waals surface area contributed by atoms with Crippen LogP contribution in [0.1, 0.15) is 16.1 Å². The van der Waals surface area contributed by atoms with Gasteiger partial charge in [-0.2, -0.15) is 0 Å². The number of ketones is 1. The summed E-state index contributed by atoms with van der Waals surface area (Å²) in [6, 6.07) is 15.2. The van der Waals surface area contributed by atoms with E-state index in [9.17, 15) is 9.18 Å². The lowest BCUT2D eigenvalue weighted by molar-refractivity contribution is 0.0987. The van der Waals surface area contributed by atoms with Gasteiger partial charge in [-0.25, -0.2) is 9.37 Å². The molecule has 0 aliphatic heterocycles. The number of carbonyl (C=O) groups excluding carboxylic acids is 1. The molecule has 0 aliphatic rings. The molecule has 0 atom stereocenters. The first-order valence-corrected chi connectivity index (χ1v) is 6.84. The van der Waals surface area contributed by atoms with Crippen molar-refractivity contribution in [3.63, 3.8) is 0 Å². The highest BCUT2D eigenvalue weighted by molar-refractivity contribution is 6.30. The molecule has 0 aliphatic carbocycles. The molecule has 0 spiro atoms. The molecule has 4 heteroatoms. The van der Waals surface area contributed by atoms with Crippen LogP contribution in [0.5, 0.6) is 0 Å². The van der Waals surface area contributed by atoms with Crippen molar-refractivity contribution in [2.45, 2.75) is 6.42 Å². The van der Waals surface area contributed by atoms with Crippen LogP contribution in [0.3, 0.4) is 0 Å². The second kappa shape index (κ2) is 5.62. The van der Waals surface area contributed by atoms with Gasteiger partial charge in [0.15, 0.2) is 5.78 Å². The minimum absolute atomic E-state index is 0.0578. The topological polar surface area (TPSA) is 30.0 Å². The summed E-state index contributed by atoms with van der Waals surface area (Å²) in [7, 11) is 0. The molecule has 0 saturated heterocycles. The third kappa shape index (κ3) is 2.93. The summed E-state index contributed by atoms with van der Waals surface area (Å²) in [5.74, 6) is -0.671. The van der Waals surface area contributed by atoms with Gasteiger partial charge in [-0.15, -0.1) is 0 Å². The molecule has 0 amide bonds. The number of aromatic nitrogens is 1. The van der Waals surface area contributed by atoms with Crippen LogP contribution in [0.25, 0.3) is 10.9 Å². The van der Waals surface area contributed by atoms with Gasteiger partial charge in [-0.1, -0.05) is 35.9 Å². The molecule has 0 unspecified atom stereocenters. The van der Waals surface area contributed by atoms with Gasteiger partial charge in [-0.05, 0) is 35.9 Å². The number of halogens is 2. The van der Waals surface area contributed by atoms with Gasteiger partial charge in [0.2, 0.25) is 0 Å². The monoisotopic (exact) mass is 299 g/mol. The zero-order chi connectivity index (χ0) is 14.8. The SMILES string of the molecule is O=C(Cc1cc(Cl)ccc1F)c1ccc2ccccc2n1. The predicted molar refractivity (Wildman–Crippen MR) is 81.2 cm³/mol. The molecule has 21 heavy (non-hydrogen) atoms. The predicted octanol–water partition coefficient (Wildman–Crippen LogP) is 4.45. The zero-order valence-electron chi connectivity index (χ0n) is 11.0. The highest BCUT2D eigenvalue weighted by atomic mass is 35.5. The third-order valence-electron chi connectivity index (χ3n) is 3.24. The normalized spacial score (nSPS) is 10.8. The summed E-state index contributed by atoms with van der Waals surface area (Å²) in [4.78, 5) is 16.6. The standard InChI is InChI=1S/C17H11ClFNO/c18-13-6-7-14(19)12(9-13)10-17(21)16-8-5-11-3-1-2-4-15(11)20-16/h1-9H,10H2. The van der Waals surface area contributed by atoms with E-state index in [1.165, 1.54) is 18.2 Å². The van der Waals surface area contributed by atoms with Gasteiger partial charge >= 0.3 is 0 Å². The molecule has 0 N–H and O–H groups in total. The fourth-order valence-electron chi connectivity index (χ4n) is 2.16. The van der Waals surface area contributed by atoms with Crippen molar-refractivity contribution < 1.29 is 9.18 Å². The van der Waals surface area contributed by atoms with E-state index in [1.54, 1.807) is 6.07 Å². The number of pyridine rings is 1. The number of rotatable bonds is 3. The van der Waals surface area contributed by atoms with Crippen molar-refractivity contribution in [3.8, 4) is 0 Å². The van der Waals surface area contributed by atoms with Gasteiger partial charge < -0.3 is 0 Å². The van der Waals surface area contributed by atoms with Crippen LogP contribution in [0.2, 0.25) is 5.02 Å². The summed E-state index contributed by atoms with van der Waals surface area (Å²) in [5, 5.41) is 1.37. The Balaban J connectivity index is 1.91. The van der Waals surface area contributed by atoms with Crippen molar-refractivity contribution >= 4 is 28.3 Å². The number of hydrogen-bond donors (Lipinski definition) is 0. The second-order valence-corrected chi connectivity index (χ2v) is 5.16. The molecular weight excluding hydrogens is 289 g/mol. The first-order chi connectivity index (χ1) is 10.1. The smallest absolute Gasteiger partial charge is 0.185 e. The number of benzene rings is 2. The number of para-hydroxylation sites is 1. The molecule has 0 bridgehead atoms. The molecule has 3 aromatic rings. The second-order valence-electron chi connectivity index (χ2n) is 4.72. The summed E-state index contributed by atoms with van der Waals surface area (Å²) in [5.41, 5.74) is 1.35. The maximum absolute atomic E-state index is 13.7. The molecular formula is C17H11ClFNO. The molecule has 2 aromatic carbocycles. The van der Waals surface area contributed by atoms with Crippen molar-refractivity contribution in [1.29, 1.82) is 0 Å². The van der Waals surface area contributed by atoms with Gasteiger partial charge in [-0.3, -0.25) is 4.79 Å². The van der Waals surface area contributed by atoms with Gasteiger partial charge in [0.25, 0.3) is 0 Å². The molecule has 0 saturated carbocycles. The molecule has 0 radical (unpaired) electrons. The first-order valence-electron chi connectivity index (χ1n) is 6.46. The van der Waals surface area contributed by atoms with Crippen molar-refractivity contribution in [1.82, 2.24) is 4.98 Å². The Kier molecular flexibility index (Phi) is 3.67. The summed E-state index contributed by atoms with van der Waals surface area (Å²) < 4.78 is 13.7. The summed E-state index contributed by atoms with van der Waals surface area (Å²) in [6.07, 6.45) is -0.0578. The molecule has 0 fully saturated rings. The number of Topliss-reactive ketones (excluding diaryl/α,β-unsaturated/α-hetero) is 1. The Hall–Kier alpha value is -2.26. The van der Waals surface area contributed by atoms with Crippen molar-refractivity contribution in [2.24, 2.45) is 0 Å². The molecule has 2 nitrogen and oxygen atoms in total. The Bertz CT molecular complexity index is 832. The fraction of sp³-hybridized carbons (Fsp3) is 0.0588. The molecule has 1 heterocycles. The average molecular weight is 300 g/mol. The summed E-state index contributed by atoms with van der Waals surface area (Å²) >= 11 is 5.83. The zero-order valence-corrected chi connectivity index (χ0v) is 11.8. The van der Waals surface area contributed by atoms with Crippen LogP contribution in [0.4, 0.5) is 4.39 Å². The first kappa shape index (κ1) is 13.7. The van der Waals surface area contributed by atoms with Crippen LogP contribution >= 0.6 is 11.6 Å². The highest BCUT2D eigenvalue weighted by Gasteiger charge is 2.12. The average Bonchev–Trinajstić information content (AvgIpc) is 2.50. The molecule has 3 rings (SSSR count). The van der Waals surface area contributed by atoms with Crippen molar-refractivity contribution in [2.75, 3.05) is 0 Å². The van der Waals surface area contributed by atoms with Gasteiger partial charge in [0.1, 0.15) is 11.5 Å². The van der Waals surface area contributed by atoms with E-state index in [-0.39, 0.29) is 17.8 Å². The Morgan fingerprint density at radius 3 is 2.76 bits per heavy atom. The van der Waals surface area contributed by atoms with E-state index in [1.807, 2.05) is 30.3 Å². The largest absolute Gasteiger partial charge is 0.292 e. The van der Waals surface area contributed by atoms with Gasteiger partial charge in [0.05, 0.1) is 5.52 Å². The lowest BCUT2D eigenvalue weighted by Crippen LogP contribution is -2.07. The number of hydrogen-bond acceptors (Lipinski definition) is 2. The van der Waals surface area contributed by atoms with E-state index < -0.39 is 5.82 Å². The quantitative estimate of drug-likeness (QED) is 0.669. The Labute approximate surface area is 126 Å². The van der Waals surface area contributed by atoms with E-state index in [2.05, 4.69) is 4.98 Å². The van der Waals surface area contributed by atoms with E-state index >= 15 is 0 Å². The number of fused-ring (bicyclic) bond motifs is 1. The van der Waals surface area contributed by atoms with Crippen LogP contribution in [-0.4, -0.2) is 10.8 Å². The van der Waals surface area contributed by atoms with Crippen LogP contribution in [-0.2, 0) is 6.42 Å². The van der Waals surface area contributed by atoms with Crippen LogP contribution in [0.15, 0.2) is 54.6 Å². The Morgan fingerprint density at radius 2 is 1.90 bits per heavy atom. The van der Waals surface area contributed by atoms with E-state index in [4.69, 9.17) is 11.6 Å². The van der Waals surface area contributed by atoms with E-state index in [0.29, 0.717) is 10.7 Å². The molecule has 104 valence electrons. The summed E-state index contributed by atoms with van der Waals surface area (Å²) in [6.45, 7) is 0. The fourth-order valence-corrected chi connectivity index (χ4v) is 2.36. The van der Waals surface area contributed by atoms with Crippen LogP contribution in [0, 0.1) is 5.82 Å². The van der Waals surface area contributed by atoms with Crippen LogP contribution < -0.4 is 0 Å². The highest BCUT2D eigenvalue weighted by Crippen LogP contribution is 2.18. The van der Waals surface area contributed by atoms with E-state index in [0.717, 1.165) is 10.9 Å². The lowest BCUT2D eigenvalue weighted by atomic mass is 10.1. The third-order valence-corrected chi connectivity index (χ3v) is 3.48. The van der Waals surface area contributed by atoms with Crippen molar-refractivity contribution in [3.05, 3.63) is 76.7 Å². The maximum Gasteiger partial charge on any atom is 0.185 e. The number of carbonyl (C=O) groups is 1. The number of nitrogens with zero attached hydrogens (tertiary/aromatic N) is 1. The molecule has 1 aromatic heterocycles. The van der Waals surface area contributed by atoms with Gasteiger partial charge in [0, 0.05) is 16.8 Å².